The summed E-state index contributed by atoms with van der Waals surface area (Å²) in [4.78, 5) is 11.1. The second-order valence-corrected chi connectivity index (χ2v) is 4.69. The Morgan fingerprint density at radius 1 is 1.29 bits per heavy atom. The Morgan fingerprint density at radius 2 is 2.05 bits per heavy atom. The Labute approximate surface area is 126 Å². The SMILES string of the molecule is COc1cc(Cl)ccc1C(=CC(=O)O)c1cccc(F)c1. The van der Waals surface area contributed by atoms with Crippen LogP contribution in [0, 0.1) is 5.82 Å². The van der Waals surface area contributed by atoms with E-state index >= 15 is 0 Å². The fraction of sp³-hybridized carbons (Fsp3) is 0.0625. The molecule has 0 spiro atoms. The van der Waals surface area contributed by atoms with E-state index in [0.29, 0.717) is 27.5 Å². The number of carboxylic acid groups (broad SMARTS) is 1. The van der Waals surface area contributed by atoms with E-state index in [1.54, 1.807) is 24.3 Å². The number of carboxylic acids is 1. The predicted molar refractivity (Wildman–Crippen MR) is 79.1 cm³/mol. The van der Waals surface area contributed by atoms with Crippen molar-refractivity contribution in [3.05, 3.63) is 70.5 Å². The number of methoxy groups -OCH3 is 1. The van der Waals surface area contributed by atoms with Gasteiger partial charge < -0.3 is 9.84 Å². The van der Waals surface area contributed by atoms with Gasteiger partial charge in [0.2, 0.25) is 0 Å². The molecule has 3 nitrogen and oxygen atoms in total. The van der Waals surface area contributed by atoms with Crippen LogP contribution in [0.5, 0.6) is 5.75 Å². The minimum atomic E-state index is -1.13. The monoisotopic (exact) mass is 306 g/mol. The van der Waals surface area contributed by atoms with E-state index in [1.807, 2.05) is 0 Å². The number of carbonyl (C=O) groups is 1. The van der Waals surface area contributed by atoms with Crippen molar-refractivity contribution in [3.8, 4) is 5.75 Å². The first-order valence-electron chi connectivity index (χ1n) is 6.05. The summed E-state index contributed by atoms with van der Waals surface area (Å²) >= 11 is 5.90. The smallest absolute Gasteiger partial charge is 0.328 e. The first kappa shape index (κ1) is 15.1. The number of hydrogen-bond donors (Lipinski definition) is 1. The Morgan fingerprint density at radius 3 is 2.67 bits per heavy atom. The van der Waals surface area contributed by atoms with Crippen molar-refractivity contribution >= 4 is 23.1 Å². The van der Waals surface area contributed by atoms with Crippen LogP contribution >= 0.6 is 11.6 Å². The van der Waals surface area contributed by atoms with Gasteiger partial charge in [0.1, 0.15) is 11.6 Å². The van der Waals surface area contributed by atoms with Crippen molar-refractivity contribution in [1.82, 2.24) is 0 Å². The van der Waals surface area contributed by atoms with Gasteiger partial charge in [-0.05, 0) is 41.5 Å². The molecule has 0 aliphatic heterocycles. The fourth-order valence-corrected chi connectivity index (χ4v) is 2.15. The summed E-state index contributed by atoms with van der Waals surface area (Å²) in [5, 5.41) is 9.52. The molecule has 0 atom stereocenters. The van der Waals surface area contributed by atoms with E-state index in [2.05, 4.69) is 0 Å². The first-order valence-corrected chi connectivity index (χ1v) is 6.43. The van der Waals surface area contributed by atoms with Crippen molar-refractivity contribution in [3.63, 3.8) is 0 Å². The third-order valence-corrected chi connectivity index (χ3v) is 3.09. The van der Waals surface area contributed by atoms with E-state index in [1.165, 1.54) is 25.3 Å². The van der Waals surface area contributed by atoms with Gasteiger partial charge in [0.15, 0.2) is 0 Å². The van der Waals surface area contributed by atoms with Gasteiger partial charge in [0, 0.05) is 16.7 Å². The molecule has 0 aromatic heterocycles. The topological polar surface area (TPSA) is 46.5 Å². The van der Waals surface area contributed by atoms with Crippen molar-refractivity contribution in [2.75, 3.05) is 7.11 Å². The summed E-state index contributed by atoms with van der Waals surface area (Å²) in [5.41, 5.74) is 1.31. The van der Waals surface area contributed by atoms with E-state index in [9.17, 15) is 9.18 Å². The molecule has 1 N–H and O–H groups in total. The summed E-state index contributed by atoms with van der Waals surface area (Å²) in [6.45, 7) is 0. The maximum atomic E-state index is 13.4. The van der Waals surface area contributed by atoms with Crippen molar-refractivity contribution < 1.29 is 19.0 Å². The highest BCUT2D eigenvalue weighted by molar-refractivity contribution is 6.30. The summed E-state index contributed by atoms with van der Waals surface area (Å²) in [6, 6.07) is 10.5. The molecule has 2 rings (SSSR count). The molecule has 0 saturated carbocycles. The second kappa shape index (κ2) is 6.41. The minimum Gasteiger partial charge on any atom is -0.496 e. The van der Waals surface area contributed by atoms with Gasteiger partial charge in [-0.25, -0.2) is 9.18 Å². The lowest BCUT2D eigenvalue weighted by molar-refractivity contribution is -0.131. The number of benzene rings is 2. The third-order valence-electron chi connectivity index (χ3n) is 2.86. The summed E-state index contributed by atoms with van der Waals surface area (Å²) in [5.74, 6) is -1.16. The highest BCUT2D eigenvalue weighted by Gasteiger charge is 2.13. The third kappa shape index (κ3) is 3.61. The second-order valence-electron chi connectivity index (χ2n) is 4.25. The highest BCUT2D eigenvalue weighted by atomic mass is 35.5. The molecule has 0 aliphatic rings. The van der Waals surface area contributed by atoms with Crippen LogP contribution in [0.2, 0.25) is 5.02 Å². The maximum Gasteiger partial charge on any atom is 0.328 e. The van der Waals surface area contributed by atoms with Crippen LogP contribution in [0.1, 0.15) is 11.1 Å². The molecule has 0 saturated heterocycles. The van der Waals surface area contributed by atoms with E-state index < -0.39 is 11.8 Å². The molecule has 0 unspecified atom stereocenters. The molecule has 0 bridgehead atoms. The van der Waals surface area contributed by atoms with Gasteiger partial charge in [-0.15, -0.1) is 0 Å². The molecular formula is C16H12ClFO3. The number of aliphatic carboxylic acids is 1. The van der Waals surface area contributed by atoms with Gasteiger partial charge in [-0.2, -0.15) is 0 Å². The lowest BCUT2D eigenvalue weighted by Crippen LogP contribution is -1.98. The molecule has 0 amide bonds. The zero-order chi connectivity index (χ0) is 15.4. The van der Waals surface area contributed by atoms with Crippen LogP contribution in [-0.2, 0) is 4.79 Å². The van der Waals surface area contributed by atoms with E-state index in [0.717, 1.165) is 6.08 Å². The lowest BCUT2D eigenvalue weighted by atomic mass is 9.96. The van der Waals surface area contributed by atoms with Crippen LogP contribution in [-0.4, -0.2) is 18.2 Å². The number of rotatable bonds is 4. The minimum absolute atomic E-state index is 0.343. The molecule has 0 aliphatic carbocycles. The Balaban J connectivity index is 2.65. The van der Waals surface area contributed by atoms with Gasteiger partial charge >= 0.3 is 5.97 Å². The fourth-order valence-electron chi connectivity index (χ4n) is 1.98. The van der Waals surface area contributed by atoms with Gasteiger partial charge in [-0.1, -0.05) is 23.7 Å². The number of hydrogen-bond acceptors (Lipinski definition) is 2. The van der Waals surface area contributed by atoms with Crippen LogP contribution in [0.3, 0.4) is 0 Å². The quantitative estimate of drug-likeness (QED) is 0.868. The molecular weight excluding hydrogens is 295 g/mol. The Bertz CT molecular complexity index is 710. The van der Waals surface area contributed by atoms with Gasteiger partial charge in [-0.3, -0.25) is 0 Å². The number of ether oxygens (including phenoxy) is 1. The lowest BCUT2D eigenvalue weighted by Gasteiger charge is -2.13. The molecule has 21 heavy (non-hydrogen) atoms. The molecule has 0 fully saturated rings. The van der Waals surface area contributed by atoms with Crippen molar-refractivity contribution in [2.45, 2.75) is 0 Å². The first-order chi connectivity index (χ1) is 10.0. The predicted octanol–water partition coefficient (Wildman–Crippen LogP) is 4.00. The van der Waals surface area contributed by atoms with Gasteiger partial charge in [0.05, 0.1) is 7.11 Å². The molecule has 2 aromatic rings. The molecule has 0 radical (unpaired) electrons. The van der Waals surface area contributed by atoms with Crippen LogP contribution < -0.4 is 4.74 Å². The zero-order valence-corrected chi connectivity index (χ0v) is 11.9. The van der Waals surface area contributed by atoms with Crippen LogP contribution in [0.4, 0.5) is 4.39 Å². The average Bonchev–Trinajstić information content (AvgIpc) is 2.44. The van der Waals surface area contributed by atoms with Crippen LogP contribution in [0.15, 0.2) is 48.5 Å². The van der Waals surface area contributed by atoms with Crippen LogP contribution in [0.25, 0.3) is 5.57 Å². The summed E-state index contributed by atoms with van der Waals surface area (Å²) in [7, 11) is 1.46. The standard InChI is InChI=1S/C16H12ClFO3/c1-21-15-8-11(17)5-6-13(15)14(9-16(19)20)10-3-2-4-12(18)7-10/h2-9H,1H3,(H,19,20). The molecule has 2 aromatic carbocycles. The molecule has 0 heterocycles. The van der Waals surface area contributed by atoms with E-state index in [4.69, 9.17) is 21.4 Å². The normalized spacial score (nSPS) is 11.3. The molecule has 5 heteroatoms. The van der Waals surface area contributed by atoms with Gasteiger partial charge in [0.25, 0.3) is 0 Å². The largest absolute Gasteiger partial charge is 0.496 e. The Kier molecular flexibility index (Phi) is 4.60. The Hall–Kier alpha value is -2.33. The van der Waals surface area contributed by atoms with Crippen molar-refractivity contribution in [2.24, 2.45) is 0 Å². The maximum absolute atomic E-state index is 13.4. The molecule has 108 valence electrons. The average molecular weight is 307 g/mol. The summed E-state index contributed by atoms with van der Waals surface area (Å²) in [6.07, 6.45) is 1.01. The highest BCUT2D eigenvalue weighted by Crippen LogP contribution is 2.33. The summed E-state index contributed by atoms with van der Waals surface area (Å²) < 4.78 is 18.6. The van der Waals surface area contributed by atoms with Crippen molar-refractivity contribution in [1.29, 1.82) is 0 Å². The van der Waals surface area contributed by atoms with E-state index in [-0.39, 0.29) is 0 Å². The number of halogens is 2. The zero-order valence-electron chi connectivity index (χ0n) is 11.1.